The molecule has 0 radical (unpaired) electrons. The zero-order valence-electron chi connectivity index (χ0n) is 20.5. The third-order valence-electron chi connectivity index (χ3n) is 3.64. The molecule has 32 heavy (non-hydrogen) atoms. The molecule has 0 aliphatic carbocycles. The molecule has 2 aromatic carbocycles. The molecule has 0 aliphatic heterocycles. The molecule has 170 valence electrons. The molecule has 7 heteroatoms. The number of hydrogen-bond donors (Lipinski definition) is 0. The Balaban J connectivity index is -0.000000385. The molecule has 0 saturated heterocycles. The number of hydrogen-bond acceptors (Lipinski definition) is 2. The minimum atomic E-state index is -0.426. The van der Waals surface area contributed by atoms with Crippen LogP contribution in [0.3, 0.4) is 0 Å². The molecular formula is C25H33Cl2ILiN3. The van der Waals surface area contributed by atoms with Crippen LogP contribution in [0.25, 0.3) is 5.32 Å². The zero-order chi connectivity index (χ0) is 24.4. The smallest absolute Gasteiger partial charge is 0.658 e. The van der Waals surface area contributed by atoms with E-state index in [0.717, 1.165) is 11.1 Å². The molecule has 2 aromatic rings. The van der Waals surface area contributed by atoms with E-state index in [9.17, 15) is 0 Å². The molecule has 0 fully saturated rings. The molecule has 0 bridgehead atoms. The van der Waals surface area contributed by atoms with Gasteiger partial charge in [-0.05, 0) is 54.2 Å². The van der Waals surface area contributed by atoms with Crippen LogP contribution in [0.5, 0.6) is 0 Å². The van der Waals surface area contributed by atoms with Crippen LogP contribution >= 0.6 is 45.8 Å². The van der Waals surface area contributed by atoms with Crippen LogP contribution in [0, 0.1) is 22.7 Å². The van der Waals surface area contributed by atoms with Gasteiger partial charge in [0, 0.05) is 10.0 Å². The van der Waals surface area contributed by atoms with Gasteiger partial charge < -0.3 is 5.32 Å². The van der Waals surface area contributed by atoms with Crippen LogP contribution in [-0.4, -0.2) is 17.0 Å². The quantitative estimate of drug-likeness (QED) is 0.262. The minimum absolute atomic E-state index is 0. The van der Waals surface area contributed by atoms with E-state index in [2.05, 4.69) is 67.7 Å². The van der Waals surface area contributed by atoms with Crippen LogP contribution in [0.2, 0.25) is 10.0 Å². The summed E-state index contributed by atoms with van der Waals surface area (Å²) in [7, 11) is 0. The number of halogens is 3. The first-order chi connectivity index (χ1) is 14.5. The molecule has 0 amide bonds. The summed E-state index contributed by atoms with van der Waals surface area (Å²) in [6, 6.07) is 19.9. The van der Waals surface area contributed by atoms with Gasteiger partial charge in [0.15, 0.2) is 0 Å². The predicted octanol–water partition coefficient (Wildman–Crippen LogP) is 5.78. The third-order valence-corrected chi connectivity index (χ3v) is 4.14. The third kappa shape index (κ3) is 18.8. The molecule has 0 heterocycles. The van der Waals surface area contributed by atoms with Gasteiger partial charge in [-0.1, -0.05) is 97.8 Å². The Labute approximate surface area is 231 Å². The van der Waals surface area contributed by atoms with Crippen molar-refractivity contribution in [2.75, 3.05) is 4.93 Å². The number of benzene rings is 2. The summed E-state index contributed by atoms with van der Waals surface area (Å²) in [5.74, 6) is 0. The van der Waals surface area contributed by atoms with E-state index in [1.807, 2.05) is 43.0 Å². The molecule has 0 aliphatic rings. The maximum absolute atomic E-state index is 8.83. The Morgan fingerprint density at radius 1 is 0.844 bits per heavy atom. The summed E-state index contributed by atoms with van der Waals surface area (Å²) >= 11 is 13.5. The fourth-order valence-corrected chi connectivity index (χ4v) is 2.47. The van der Waals surface area contributed by atoms with E-state index in [4.69, 9.17) is 33.7 Å². The first-order valence-electron chi connectivity index (χ1n) is 9.88. The second kappa shape index (κ2) is 20.9. The summed E-state index contributed by atoms with van der Waals surface area (Å²) in [6.07, 6.45) is 0.456. The molecule has 0 saturated carbocycles. The number of rotatable bonds is 4. The maximum atomic E-state index is 8.83. The fraction of sp³-hybridized carbons (Fsp3) is 0.440. The molecule has 0 unspecified atom stereocenters. The largest absolute Gasteiger partial charge is 1.00 e. The minimum Gasteiger partial charge on any atom is -0.658 e. The van der Waals surface area contributed by atoms with Gasteiger partial charge >= 0.3 is 18.9 Å². The van der Waals surface area contributed by atoms with Crippen molar-refractivity contribution < 1.29 is 18.9 Å². The van der Waals surface area contributed by atoms with E-state index in [0.29, 0.717) is 28.5 Å². The van der Waals surface area contributed by atoms with Crippen LogP contribution in [0.1, 0.15) is 52.7 Å². The second-order valence-corrected chi connectivity index (χ2v) is 8.41. The average molecular weight is 580 g/mol. The van der Waals surface area contributed by atoms with Gasteiger partial charge in [-0.2, -0.15) is 10.5 Å². The van der Waals surface area contributed by atoms with Gasteiger partial charge in [-0.25, -0.2) is 0 Å². The van der Waals surface area contributed by atoms with E-state index in [1.54, 1.807) is 24.3 Å². The number of alkyl halides is 1. The van der Waals surface area contributed by atoms with E-state index in [1.165, 1.54) is 0 Å². The Bertz CT molecular complexity index is 788. The van der Waals surface area contributed by atoms with Crippen molar-refractivity contribution in [1.82, 2.24) is 0 Å². The van der Waals surface area contributed by atoms with Crippen molar-refractivity contribution in [2.45, 2.75) is 65.5 Å². The topological polar surface area (TPSA) is 61.7 Å². The summed E-state index contributed by atoms with van der Waals surface area (Å²) in [5.41, 5.74) is 1.58. The predicted molar refractivity (Wildman–Crippen MR) is 144 cm³/mol. The zero-order valence-corrected chi connectivity index (χ0v) is 24.1. The van der Waals surface area contributed by atoms with Crippen molar-refractivity contribution in [3.8, 4) is 12.1 Å². The molecule has 0 N–H and O–H groups in total. The molecule has 0 aromatic heterocycles. The monoisotopic (exact) mass is 579 g/mol. The van der Waals surface area contributed by atoms with Gasteiger partial charge in [0.25, 0.3) is 0 Å². The first-order valence-corrected chi connectivity index (χ1v) is 12.8. The molecule has 0 atom stereocenters. The SMILES string of the molecule is CC(C)(C#N)c1ccc(Cl)cc1.CC(C)[N-]C(C)C.CI.N#CCc1ccc(Cl)cc1.[Li+]. The summed E-state index contributed by atoms with van der Waals surface area (Å²) < 4.78 is 0. The summed E-state index contributed by atoms with van der Waals surface area (Å²) in [5, 5.41) is 22.8. The van der Waals surface area contributed by atoms with Gasteiger partial charge in [0.05, 0.1) is 24.0 Å². The second-order valence-electron chi connectivity index (χ2n) is 7.54. The fourth-order valence-electron chi connectivity index (χ4n) is 2.22. The molecule has 3 nitrogen and oxygen atoms in total. The van der Waals surface area contributed by atoms with E-state index < -0.39 is 5.41 Å². The average Bonchev–Trinajstić information content (AvgIpc) is 2.72. The summed E-state index contributed by atoms with van der Waals surface area (Å²) in [6.45, 7) is 12.2. The van der Waals surface area contributed by atoms with E-state index >= 15 is 0 Å². The number of nitrogens with zero attached hydrogens (tertiary/aromatic N) is 3. The maximum Gasteiger partial charge on any atom is 1.00 e. The Hall–Kier alpha value is -0.713. The molecular weight excluding hydrogens is 547 g/mol. The number of nitriles is 2. The Kier molecular flexibility index (Phi) is 23.4. The van der Waals surface area contributed by atoms with Crippen LogP contribution in [0.4, 0.5) is 0 Å². The van der Waals surface area contributed by atoms with Gasteiger partial charge in [0.2, 0.25) is 0 Å². The molecule has 0 spiro atoms. The van der Waals surface area contributed by atoms with E-state index in [-0.39, 0.29) is 18.9 Å². The van der Waals surface area contributed by atoms with Crippen molar-refractivity contribution in [1.29, 1.82) is 10.5 Å². The molecule has 2 rings (SSSR count). The van der Waals surface area contributed by atoms with Crippen molar-refractivity contribution in [3.05, 3.63) is 75.0 Å². The summed E-state index contributed by atoms with van der Waals surface area (Å²) in [4.78, 5) is 1.97. The van der Waals surface area contributed by atoms with Crippen molar-refractivity contribution in [2.24, 2.45) is 0 Å². The standard InChI is InChI=1S/C10H10ClN.C8H6ClN.C6H14N.CH3I.Li/c1-10(2,7-12)8-3-5-9(11)6-4-8;9-8-3-1-7(2-4-8)5-6-10;1-5(2)7-6(3)4;1-2;/h3-6H,1-2H3;1-4H,5H2;5-6H,1-4H3;1H3;/q;;-1;;+1. The van der Waals surface area contributed by atoms with Crippen LogP contribution in [-0.2, 0) is 11.8 Å². The van der Waals surface area contributed by atoms with Crippen LogP contribution in [0.15, 0.2) is 48.5 Å². The Morgan fingerprint density at radius 2 is 1.22 bits per heavy atom. The van der Waals surface area contributed by atoms with Gasteiger partial charge in [-0.3, -0.25) is 0 Å². The van der Waals surface area contributed by atoms with Crippen LogP contribution < -0.4 is 18.9 Å². The van der Waals surface area contributed by atoms with Gasteiger partial charge in [0.1, 0.15) is 0 Å². The van der Waals surface area contributed by atoms with Gasteiger partial charge in [-0.15, -0.1) is 12.1 Å². The first kappa shape index (κ1) is 35.9. The Morgan fingerprint density at radius 3 is 1.50 bits per heavy atom. The van der Waals surface area contributed by atoms with Crippen molar-refractivity contribution >= 4 is 45.8 Å². The van der Waals surface area contributed by atoms with Crippen molar-refractivity contribution in [3.63, 3.8) is 0 Å². The normalized spacial score (nSPS) is 9.44.